The molecule has 4 heterocycles. The number of hydrogen-bond donors (Lipinski definition) is 0. The molecule has 1 aromatic heterocycles. The minimum absolute atomic E-state index is 0.180. The first-order chi connectivity index (χ1) is 21.0. The molecule has 4 aromatic rings. The third-order valence-corrected chi connectivity index (χ3v) is 9.85. The minimum atomic E-state index is 0.180. The average molecular weight is 571 g/mol. The number of benzene rings is 3. The summed E-state index contributed by atoms with van der Waals surface area (Å²) in [6.45, 7) is 8.09. The Morgan fingerprint density at radius 1 is 0.860 bits per heavy atom. The fraction of sp³-hybridized carbons (Fsp3) is 0.368. The van der Waals surface area contributed by atoms with Gasteiger partial charge in [0.2, 0.25) is 0 Å². The Morgan fingerprint density at radius 2 is 1.60 bits per heavy atom. The first-order valence-electron chi connectivity index (χ1n) is 16.0. The van der Waals surface area contributed by atoms with Gasteiger partial charge in [0.1, 0.15) is 5.82 Å². The zero-order chi connectivity index (χ0) is 29.3. The van der Waals surface area contributed by atoms with Gasteiger partial charge in [0, 0.05) is 61.8 Å². The maximum absolute atomic E-state index is 13.9. The van der Waals surface area contributed by atoms with Gasteiger partial charge >= 0.3 is 0 Å². The van der Waals surface area contributed by atoms with E-state index in [1.807, 2.05) is 6.20 Å². The minimum Gasteiger partial charge on any atom is -0.335 e. The first-order valence-corrected chi connectivity index (χ1v) is 16.0. The van der Waals surface area contributed by atoms with Gasteiger partial charge in [0.15, 0.2) is 0 Å². The van der Waals surface area contributed by atoms with Crippen molar-refractivity contribution >= 4 is 11.5 Å². The Labute approximate surface area is 255 Å². The highest BCUT2D eigenvalue weighted by Crippen LogP contribution is 2.37. The van der Waals surface area contributed by atoms with Crippen LogP contribution in [0.1, 0.15) is 69.7 Å². The van der Waals surface area contributed by atoms with Crippen LogP contribution < -0.4 is 0 Å². The van der Waals surface area contributed by atoms with Crippen molar-refractivity contribution in [2.24, 2.45) is 0 Å². The fourth-order valence-electron chi connectivity index (χ4n) is 7.79. The fourth-order valence-corrected chi connectivity index (χ4v) is 7.79. The van der Waals surface area contributed by atoms with Crippen LogP contribution in [0.3, 0.4) is 0 Å². The van der Waals surface area contributed by atoms with E-state index in [1.54, 1.807) is 5.57 Å². The van der Waals surface area contributed by atoms with Crippen LogP contribution in [0.25, 0.3) is 5.57 Å². The van der Waals surface area contributed by atoms with E-state index in [9.17, 15) is 4.79 Å². The highest BCUT2D eigenvalue weighted by Gasteiger charge is 2.36. The lowest BCUT2D eigenvalue weighted by Gasteiger charge is -2.45. The van der Waals surface area contributed by atoms with E-state index in [-0.39, 0.29) is 11.9 Å². The molecule has 2 atom stereocenters. The summed E-state index contributed by atoms with van der Waals surface area (Å²) < 4.78 is 2.34. The Kier molecular flexibility index (Phi) is 7.75. The summed E-state index contributed by atoms with van der Waals surface area (Å²) >= 11 is 0. The van der Waals surface area contributed by atoms with Crippen LogP contribution >= 0.6 is 0 Å². The molecular formula is C38H42N4O. The molecule has 43 heavy (non-hydrogen) atoms. The summed E-state index contributed by atoms with van der Waals surface area (Å²) in [6, 6.07) is 26.6. The molecule has 7 rings (SSSR count). The number of hydrogen-bond acceptors (Lipinski definition) is 3. The number of piperidine rings is 2. The van der Waals surface area contributed by atoms with Crippen LogP contribution in [0.4, 0.5) is 0 Å². The molecule has 0 radical (unpaired) electrons. The van der Waals surface area contributed by atoms with E-state index in [0.717, 1.165) is 87.2 Å². The number of nitrogens with zero attached hydrogens (tertiary/aromatic N) is 4. The number of amides is 1. The van der Waals surface area contributed by atoms with Gasteiger partial charge in [0.25, 0.3) is 5.91 Å². The van der Waals surface area contributed by atoms with Crippen LogP contribution in [-0.2, 0) is 19.4 Å². The van der Waals surface area contributed by atoms with Crippen LogP contribution in [0.2, 0.25) is 0 Å². The number of rotatable bonds is 4. The molecule has 2 fully saturated rings. The maximum atomic E-state index is 13.9. The van der Waals surface area contributed by atoms with Crippen LogP contribution in [0.5, 0.6) is 0 Å². The van der Waals surface area contributed by atoms with Crippen molar-refractivity contribution in [3.05, 3.63) is 130 Å². The molecule has 0 bridgehead atoms. The van der Waals surface area contributed by atoms with Gasteiger partial charge in [-0.2, -0.15) is 0 Å². The monoisotopic (exact) mass is 570 g/mol. The summed E-state index contributed by atoms with van der Waals surface area (Å²) in [6.07, 6.45) is 10.2. The summed E-state index contributed by atoms with van der Waals surface area (Å²) in [4.78, 5) is 23.7. The summed E-state index contributed by atoms with van der Waals surface area (Å²) in [5.41, 5.74) is 10.1. The predicted octanol–water partition coefficient (Wildman–Crippen LogP) is 6.87. The van der Waals surface area contributed by atoms with E-state index >= 15 is 0 Å². The van der Waals surface area contributed by atoms with Gasteiger partial charge in [-0.05, 0) is 81.2 Å². The number of aromatic nitrogens is 2. The SMILES string of the molecule is Cc1cc(C)cc(C(=O)N2CC[C@@H](N3CCC(=C4c5ccccc5CCn5ccnc54)CC3)C[C@H]2Cc2ccccc2)c1. The van der Waals surface area contributed by atoms with Crippen molar-refractivity contribution in [2.75, 3.05) is 19.6 Å². The van der Waals surface area contributed by atoms with E-state index in [4.69, 9.17) is 4.98 Å². The van der Waals surface area contributed by atoms with Crippen molar-refractivity contribution in [1.82, 2.24) is 19.4 Å². The van der Waals surface area contributed by atoms with E-state index in [1.165, 1.54) is 22.3 Å². The largest absolute Gasteiger partial charge is 0.335 e. The summed E-state index contributed by atoms with van der Waals surface area (Å²) in [7, 11) is 0. The molecule has 3 aromatic carbocycles. The zero-order valence-electron chi connectivity index (χ0n) is 25.5. The molecule has 3 aliphatic rings. The zero-order valence-corrected chi connectivity index (χ0v) is 25.5. The summed E-state index contributed by atoms with van der Waals surface area (Å²) in [5, 5.41) is 0. The second kappa shape index (κ2) is 12.0. The van der Waals surface area contributed by atoms with Gasteiger partial charge < -0.3 is 9.47 Å². The highest BCUT2D eigenvalue weighted by molar-refractivity contribution is 5.95. The molecule has 3 aliphatic heterocycles. The van der Waals surface area contributed by atoms with Crippen molar-refractivity contribution in [1.29, 1.82) is 0 Å². The lowest BCUT2D eigenvalue weighted by Crippen LogP contribution is -2.53. The van der Waals surface area contributed by atoms with Gasteiger partial charge in [-0.25, -0.2) is 4.98 Å². The molecule has 0 unspecified atom stereocenters. The summed E-state index contributed by atoms with van der Waals surface area (Å²) in [5.74, 6) is 1.31. The number of carbonyl (C=O) groups is 1. The Morgan fingerprint density at radius 3 is 2.40 bits per heavy atom. The standard InChI is InChI=1S/C38H42N4O/c1-27-22-28(2)24-32(23-27)38(43)42-20-15-33(26-34(42)25-29-8-4-3-5-9-29)40-17-13-31(14-18-40)36-35-11-7-6-10-30(35)12-19-41-21-16-39-37(36)41/h3-11,16,21-24,33-34H,12-15,17-20,25-26H2,1-2H3/t33-,34-/m1/s1. The van der Waals surface area contributed by atoms with Gasteiger partial charge in [-0.15, -0.1) is 0 Å². The average Bonchev–Trinajstić information content (AvgIpc) is 3.42. The molecule has 5 heteroatoms. The number of imidazole rings is 1. The van der Waals surface area contributed by atoms with Crippen molar-refractivity contribution in [2.45, 2.75) is 71.0 Å². The molecule has 2 saturated heterocycles. The van der Waals surface area contributed by atoms with Gasteiger partial charge in [-0.3, -0.25) is 9.69 Å². The molecule has 0 spiro atoms. The van der Waals surface area contributed by atoms with Crippen molar-refractivity contribution in [3.8, 4) is 0 Å². The highest BCUT2D eigenvalue weighted by atomic mass is 16.2. The van der Waals surface area contributed by atoms with E-state index in [0.29, 0.717) is 6.04 Å². The van der Waals surface area contributed by atoms with Crippen molar-refractivity contribution in [3.63, 3.8) is 0 Å². The van der Waals surface area contributed by atoms with Crippen LogP contribution in [-0.4, -0.2) is 57.0 Å². The Hall–Kier alpha value is -3.96. The lowest BCUT2D eigenvalue weighted by atomic mass is 9.87. The predicted molar refractivity (Wildman–Crippen MR) is 173 cm³/mol. The molecule has 5 nitrogen and oxygen atoms in total. The Bertz CT molecular complexity index is 1620. The maximum Gasteiger partial charge on any atom is 0.254 e. The molecule has 0 aliphatic carbocycles. The van der Waals surface area contributed by atoms with Gasteiger partial charge in [0.05, 0.1) is 0 Å². The molecular weight excluding hydrogens is 528 g/mol. The number of carbonyl (C=O) groups excluding carboxylic acids is 1. The molecule has 0 saturated carbocycles. The Balaban J connectivity index is 1.12. The van der Waals surface area contributed by atoms with Gasteiger partial charge in [-0.1, -0.05) is 77.4 Å². The lowest BCUT2D eigenvalue weighted by molar-refractivity contribution is 0.0419. The smallest absolute Gasteiger partial charge is 0.254 e. The third kappa shape index (κ3) is 5.71. The molecule has 1 amide bonds. The van der Waals surface area contributed by atoms with Crippen LogP contribution in [0, 0.1) is 13.8 Å². The topological polar surface area (TPSA) is 41.4 Å². The number of fused-ring (bicyclic) bond motifs is 2. The quantitative estimate of drug-likeness (QED) is 0.269. The normalized spacial score (nSPS) is 20.8. The van der Waals surface area contributed by atoms with Crippen LogP contribution in [0.15, 0.2) is 90.8 Å². The van der Waals surface area contributed by atoms with Crippen molar-refractivity contribution < 1.29 is 4.79 Å². The van der Waals surface area contributed by atoms with E-state index in [2.05, 4.69) is 107 Å². The molecule has 220 valence electrons. The number of aryl methyl sites for hydroxylation is 4. The first kappa shape index (κ1) is 27.8. The third-order valence-electron chi connectivity index (χ3n) is 9.85. The second-order valence-corrected chi connectivity index (χ2v) is 12.8. The second-order valence-electron chi connectivity index (χ2n) is 12.8. The number of likely N-dealkylation sites (tertiary alicyclic amines) is 2. The van der Waals surface area contributed by atoms with E-state index < -0.39 is 0 Å². The molecule has 0 N–H and O–H groups in total.